The monoisotopic (exact) mass is 149 g/mol. The summed E-state index contributed by atoms with van der Waals surface area (Å²) in [4.78, 5) is 0. The van der Waals surface area contributed by atoms with Crippen LogP contribution in [0.25, 0.3) is 0 Å². The zero-order valence-corrected chi connectivity index (χ0v) is 5.86. The van der Waals surface area contributed by atoms with Crippen molar-refractivity contribution < 1.29 is 15.0 Å². The molecule has 4 N–H and O–H groups in total. The van der Waals surface area contributed by atoms with E-state index in [-0.39, 0.29) is 12.1 Å². The van der Waals surface area contributed by atoms with Crippen molar-refractivity contribution in [1.29, 1.82) is 1.43 Å². The molecular formula is C6H13NO3. The molecule has 0 bridgehead atoms. The van der Waals surface area contributed by atoms with E-state index in [4.69, 9.17) is 11.9 Å². The highest BCUT2D eigenvalue weighted by atomic mass is 16.6. The molecule has 10 heavy (non-hydrogen) atoms. The Bertz CT molecular complexity index is 135. The number of hydrogen-bond donors (Lipinski definition) is 3. The van der Waals surface area contributed by atoms with Crippen LogP contribution in [0.15, 0.2) is 0 Å². The van der Waals surface area contributed by atoms with Crippen LogP contribution in [-0.2, 0) is 4.74 Å². The molecular weight excluding hydrogens is 134 g/mol. The minimum absolute atomic E-state index is 0.0521. The Hall–Kier alpha value is -0.160. The smallest absolute Gasteiger partial charge is 0.213 e. The maximum Gasteiger partial charge on any atom is 0.213 e. The second-order valence-corrected chi connectivity index (χ2v) is 2.71. The van der Waals surface area contributed by atoms with Crippen molar-refractivity contribution >= 4 is 0 Å². The molecule has 4 nitrogen and oxygen atoms in total. The van der Waals surface area contributed by atoms with Crippen LogP contribution < -0.4 is 5.73 Å². The topological polar surface area (TPSA) is 75.7 Å². The molecule has 0 aliphatic carbocycles. The van der Waals surface area contributed by atoms with Gasteiger partial charge in [-0.15, -0.1) is 0 Å². The molecule has 2 unspecified atom stereocenters. The number of aliphatic hydroxyl groups is 2. The van der Waals surface area contributed by atoms with Crippen molar-refractivity contribution in [3.63, 3.8) is 0 Å². The first-order chi connectivity index (χ1) is 5.15. The number of hydrogen-bond acceptors (Lipinski definition) is 4. The largest absolute Gasteiger partial charge is 0.386 e. The van der Waals surface area contributed by atoms with Crippen LogP contribution in [-0.4, -0.2) is 36.2 Å². The number of aliphatic hydroxyl groups excluding tert-OH is 2. The molecule has 1 aliphatic rings. The predicted molar refractivity (Wildman–Crippen MR) is 35.2 cm³/mol. The van der Waals surface area contributed by atoms with Crippen LogP contribution in [0.1, 0.15) is 13.3 Å². The van der Waals surface area contributed by atoms with Crippen molar-refractivity contribution in [2.24, 2.45) is 5.73 Å². The third-order valence-corrected chi connectivity index (χ3v) is 1.69. The Morgan fingerprint density at radius 1 is 1.80 bits per heavy atom. The average Bonchev–Trinajstić information content (AvgIpc) is 1.96. The Labute approximate surface area is 61.1 Å². The maximum absolute atomic E-state index is 9.26. The summed E-state index contributed by atoms with van der Waals surface area (Å²) in [7, 11) is 0. The van der Waals surface area contributed by atoms with Gasteiger partial charge in [-0.1, -0.05) is 0 Å². The van der Waals surface area contributed by atoms with E-state index in [0.717, 1.165) is 0 Å². The molecule has 1 heterocycles. The zero-order valence-electron chi connectivity index (χ0n) is 6.86. The van der Waals surface area contributed by atoms with E-state index in [1.54, 1.807) is 0 Å². The summed E-state index contributed by atoms with van der Waals surface area (Å²) in [5.41, 5.74) is 5.54. The molecule has 0 aromatic carbocycles. The second-order valence-electron chi connectivity index (χ2n) is 2.71. The summed E-state index contributed by atoms with van der Waals surface area (Å²) in [6.07, 6.45) is -1.23. The molecule has 0 spiro atoms. The van der Waals surface area contributed by atoms with Gasteiger partial charge in [0.25, 0.3) is 0 Å². The lowest BCUT2D eigenvalue weighted by Gasteiger charge is -2.33. The minimum atomic E-state index is -0.895. The molecule has 1 fully saturated rings. The molecule has 4 atom stereocenters. The Morgan fingerprint density at radius 2 is 2.50 bits per heavy atom. The van der Waals surface area contributed by atoms with Gasteiger partial charge in [-0.25, -0.2) is 0 Å². The van der Waals surface area contributed by atoms with Crippen molar-refractivity contribution in [3.05, 3.63) is 0 Å². The lowest BCUT2D eigenvalue weighted by molar-refractivity contribution is -0.216. The highest BCUT2D eigenvalue weighted by Gasteiger charge is 2.32. The van der Waals surface area contributed by atoms with E-state index in [9.17, 15) is 5.11 Å². The minimum Gasteiger partial charge on any atom is -0.386 e. The Kier molecular flexibility index (Phi) is 1.86. The summed E-state index contributed by atoms with van der Waals surface area (Å²) in [5, 5.41) is 13.4. The van der Waals surface area contributed by atoms with Gasteiger partial charge in [0.05, 0.1) is 6.10 Å². The molecule has 1 aliphatic heterocycles. The quantitative estimate of drug-likeness (QED) is 0.438. The molecule has 60 valence electrons. The summed E-state index contributed by atoms with van der Waals surface area (Å²) in [6, 6.07) is -0.353. The van der Waals surface area contributed by atoms with Crippen LogP contribution >= 0.6 is 0 Å². The fourth-order valence-corrected chi connectivity index (χ4v) is 1.09. The molecule has 0 aromatic rings. The highest BCUT2D eigenvalue weighted by molar-refractivity contribution is 4.81. The van der Waals surface area contributed by atoms with Gasteiger partial charge in [-0.05, 0) is 13.3 Å². The van der Waals surface area contributed by atoms with Gasteiger partial charge in [-0.3, -0.25) is 0 Å². The van der Waals surface area contributed by atoms with E-state index in [1.807, 2.05) is 6.92 Å². The van der Waals surface area contributed by atoms with E-state index < -0.39 is 12.4 Å². The van der Waals surface area contributed by atoms with Crippen LogP contribution in [0.3, 0.4) is 0 Å². The third kappa shape index (κ3) is 1.46. The van der Waals surface area contributed by atoms with Crippen molar-refractivity contribution in [1.82, 2.24) is 0 Å². The second kappa shape index (κ2) is 2.84. The predicted octanol–water partition coefficient (Wildman–Crippen LogP) is -1.20. The zero-order chi connectivity index (χ0) is 8.43. The average molecular weight is 149 g/mol. The summed E-state index contributed by atoms with van der Waals surface area (Å²) >= 11 is 0. The van der Waals surface area contributed by atoms with Gasteiger partial charge in [0, 0.05) is 6.04 Å². The standard InChI is InChI=1S/C6H13NO3/c1-3-2-4(7)5(8)6(9)10-3/h3-6,8-9H,2,7H2,1H3/t3?,4-,5?,6-/m0/s1/i9T. The summed E-state index contributed by atoms with van der Waals surface area (Å²) in [6.45, 7) is 1.83. The van der Waals surface area contributed by atoms with Gasteiger partial charge in [0.15, 0.2) is 6.29 Å². The van der Waals surface area contributed by atoms with Crippen LogP contribution in [0.4, 0.5) is 0 Å². The van der Waals surface area contributed by atoms with Gasteiger partial charge in [0.1, 0.15) is 6.10 Å². The van der Waals surface area contributed by atoms with Gasteiger partial charge >= 0.3 is 0 Å². The van der Waals surface area contributed by atoms with Crippen molar-refractivity contribution in [3.8, 4) is 0 Å². The van der Waals surface area contributed by atoms with Gasteiger partial charge in [0.2, 0.25) is 1.43 Å². The SMILES string of the molecule is [3H]O[C@H]1OC(C)C[C@H](N)C1O. The first-order valence-corrected chi connectivity index (χ1v) is 3.36. The molecule has 1 rings (SSSR count). The molecule has 0 saturated carbocycles. The normalized spacial score (nSPS) is 50.5. The fourth-order valence-electron chi connectivity index (χ4n) is 1.09. The van der Waals surface area contributed by atoms with Crippen molar-refractivity contribution in [2.75, 3.05) is 0 Å². The molecule has 4 heteroatoms. The van der Waals surface area contributed by atoms with Crippen LogP contribution in [0.5, 0.6) is 0 Å². The number of ether oxygens (including phenoxy) is 1. The van der Waals surface area contributed by atoms with Gasteiger partial charge in [-0.2, -0.15) is 0 Å². The van der Waals surface area contributed by atoms with E-state index in [0.29, 0.717) is 6.42 Å². The van der Waals surface area contributed by atoms with E-state index in [2.05, 4.69) is 5.11 Å². The Balaban J connectivity index is 2.51. The fraction of sp³-hybridized carbons (Fsp3) is 1.00. The lowest BCUT2D eigenvalue weighted by Crippen LogP contribution is -2.51. The summed E-state index contributed by atoms with van der Waals surface area (Å²) < 4.78 is 11.6. The number of rotatable bonds is 1. The van der Waals surface area contributed by atoms with E-state index >= 15 is 0 Å². The Morgan fingerprint density at radius 3 is 3.10 bits per heavy atom. The first kappa shape index (κ1) is 6.54. The molecule has 0 amide bonds. The molecule has 0 aromatic heterocycles. The van der Waals surface area contributed by atoms with Crippen molar-refractivity contribution in [2.45, 2.75) is 37.9 Å². The third-order valence-electron chi connectivity index (χ3n) is 1.69. The molecule has 0 radical (unpaired) electrons. The van der Waals surface area contributed by atoms with Gasteiger partial charge < -0.3 is 20.7 Å². The first-order valence-electron chi connectivity index (χ1n) is 3.77. The van der Waals surface area contributed by atoms with E-state index in [1.165, 1.54) is 0 Å². The lowest BCUT2D eigenvalue weighted by atomic mass is 10.0. The molecule has 1 saturated heterocycles. The highest BCUT2D eigenvalue weighted by Crippen LogP contribution is 2.16. The van der Waals surface area contributed by atoms with Crippen LogP contribution in [0, 0.1) is 0 Å². The summed E-state index contributed by atoms with van der Waals surface area (Å²) in [5.74, 6) is 0. The number of nitrogens with two attached hydrogens (primary N) is 1. The van der Waals surface area contributed by atoms with Crippen LogP contribution in [0.2, 0.25) is 0 Å². The maximum atomic E-state index is 9.26.